The number of carbonyl (C=O) groups is 1. The zero-order valence-electron chi connectivity index (χ0n) is 10.4. The summed E-state index contributed by atoms with van der Waals surface area (Å²) in [4.78, 5) is 10.8. The van der Waals surface area contributed by atoms with Crippen LogP contribution < -0.4 is 10.6 Å². The molecule has 0 spiro atoms. The van der Waals surface area contributed by atoms with E-state index in [1.165, 1.54) is 19.1 Å². The first-order valence-electron chi connectivity index (χ1n) is 5.66. The molecule has 19 heavy (non-hydrogen) atoms. The minimum atomic E-state index is -4.25. The first-order chi connectivity index (χ1) is 8.87. The van der Waals surface area contributed by atoms with Gasteiger partial charge in [0, 0.05) is 31.5 Å². The normalized spacial score (nSPS) is 11.4. The number of alkyl halides is 3. The topological polar surface area (TPSA) is 41.1 Å². The Balaban J connectivity index is 2.30. The quantitative estimate of drug-likeness (QED) is 0.625. The number of thioether (sulfide) groups is 1. The number of hydrogen-bond acceptors (Lipinski definition) is 3. The van der Waals surface area contributed by atoms with Crippen LogP contribution in [-0.4, -0.2) is 24.5 Å². The first-order valence-corrected chi connectivity index (χ1v) is 6.48. The molecule has 1 aromatic carbocycles. The molecule has 0 fully saturated rings. The summed E-state index contributed by atoms with van der Waals surface area (Å²) in [6.07, 6.45) is 0. The molecule has 0 saturated heterocycles. The summed E-state index contributed by atoms with van der Waals surface area (Å²) in [6, 6.07) is 6.20. The molecule has 1 amide bonds. The van der Waals surface area contributed by atoms with Crippen molar-refractivity contribution in [3.8, 4) is 0 Å². The van der Waals surface area contributed by atoms with Crippen molar-refractivity contribution < 1.29 is 18.0 Å². The molecule has 0 unspecified atom stereocenters. The Labute approximate surface area is 114 Å². The fraction of sp³-hybridized carbons (Fsp3) is 0.417. The molecule has 0 bridgehead atoms. The van der Waals surface area contributed by atoms with E-state index < -0.39 is 5.51 Å². The number of halogens is 3. The second kappa shape index (κ2) is 7.40. The molecule has 1 aromatic rings. The van der Waals surface area contributed by atoms with Gasteiger partial charge in [0.2, 0.25) is 5.91 Å². The van der Waals surface area contributed by atoms with Crippen molar-refractivity contribution in [3.05, 3.63) is 29.8 Å². The highest BCUT2D eigenvalue weighted by Crippen LogP contribution is 2.36. The molecule has 0 saturated carbocycles. The zero-order valence-corrected chi connectivity index (χ0v) is 11.2. The number of carbonyl (C=O) groups excluding carboxylic acids is 1. The number of hydrogen-bond donors (Lipinski definition) is 2. The van der Waals surface area contributed by atoms with E-state index in [2.05, 4.69) is 10.6 Å². The predicted octanol–water partition coefficient (Wildman–Crippen LogP) is 2.52. The van der Waals surface area contributed by atoms with Crippen LogP contribution in [0.15, 0.2) is 29.2 Å². The third kappa shape index (κ3) is 7.74. The Morgan fingerprint density at radius 3 is 2.37 bits per heavy atom. The van der Waals surface area contributed by atoms with Gasteiger partial charge in [0.1, 0.15) is 0 Å². The summed E-state index contributed by atoms with van der Waals surface area (Å²) >= 11 is -0.123. The lowest BCUT2D eigenvalue weighted by Crippen LogP contribution is -2.29. The number of rotatable bonds is 6. The fourth-order valence-corrected chi connectivity index (χ4v) is 1.91. The van der Waals surface area contributed by atoms with Crippen LogP contribution in [0.25, 0.3) is 0 Å². The van der Waals surface area contributed by atoms with Gasteiger partial charge in [0.15, 0.2) is 0 Å². The summed E-state index contributed by atoms with van der Waals surface area (Å²) in [6.45, 7) is 3.13. The second-order valence-corrected chi connectivity index (χ2v) is 4.99. The van der Waals surface area contributed by atoms with Gasteiger partial charge >= 0.3 is 5.51 Å². The van der Waals surface area contributed by atoms with Gasteiger partial charge in [-0.2, -0.15) is 13.2 Å². The van der Waals surface area contributed by atoms with Crippen molar-refractivity contribution in [3.63, 3.8) is 0 Å². The second-order valence-electron chi connectivity index (χ2n) is 3.85. The fourth-order valence-electron chi connectivity index (χ4n) is 1.37. The number of nitrogens with one attached hydrogen (secondary N) is 2. The van der Waals surface area contributed by atoms with Crippen LogP contribution in [0, 0.1) is 0 Å². The van der Waals surface area contributed by atoms with Crippen molar-refractivity contribution in [1.29, 1.82) is 0 Å². The van der Waals surface area contributed by atoms with E-state index in [9.17, 15) is 18.0 Å². The van der Waals surface area contributed by atoms with E-state index in [1.807, 2.05) is 0 Å². The van der Waals surface area contributed by atoms with E-state index in [0.717, 1.165) is 5.56 Å². The Hall–Kier alpha value is -1.21. The smallest absolute Gasteiger partial charge is 0.355 e. The highest BCUT2D eigenvalue weighted by molar-refractivity contribution is 8.00. The SMILES string of the molecule is CC(=O)NCCNCc1ccc(SC(F)(F)F)cc1. The number of benzene rings is 1. The van der Waals surface area contributed by atoms with Gasteiger partial charge in [-0.15, -0.1) is 0 Å². The van der Waals surface area contributed by atoms with Gasteiger partial charge in [-0.25, -0.2) is 0 Å². The maximum absolute atomic E-state index is 12.1. The number of amides is 1. The van der Waals surface area contributed by atoms with Crippen LogP contribution in [0.2, 0.25) is 0 Å². The van der Waals surface area contributed by atoms with Crippen LogP contribution >= 0.6 is 11.8 Å². The Morgan fingerprint density at radius 2 is 1.84 bits per heavy atom. The third-order valence-corrected chi connectivity index (χ3v) is 2.90. The largest absolute Gasteiger partial charge is 0.446 e. The zero-order chi connectivity index (χ0) is 14.3. The highest BCUT2D eigenvalue weighted by Gasteiger charge is 2.28. The summed E-state index contributed by atoms with van der Waals surface area (Å²) < 4.78 is 36.3. The molecule has 0 aliphatic heterocycles. The van der Waals surface area contributed by atoms with Crippen LogP contribution in [0.4, 0.5) is 13.2 Å². The maximum atomic E-state index is 12.1. The third-order valence-electron chi connectivity index (χ3n) is 2.16. The van der Waals surface area contributed by atoms with E-state index in [4.69, 9.17) is 0 Å². The molecule has 0 radical (unpaired) electrons. The molecule has 1 rings (SSSR count). The minimum Gasteiger partial charge on any atom is -0.355 e. The van der Waals surface area contributed by atoms with E-state index in [0.29, 0.717) is 19.6 Å². The summed E-state index contributed by atoms with van der Waals surface area (Å²) in [5.41, 5.74) is -3.35. The Bertz CT molecular complexity index is 406. The molecule has 7 heteroatoms. The van der Waals surface area contributed by atoms with Gasteiger partial charge in [0.25, 0.3) is 0 Å². The lowest BCUT2D eigenvalue weighted by atomic mass is 10.2. The average Bonchev–Trinajstić information content (AvgIpc) is 2.28. The molecule has 0 heterocycles. The van der Waals surface area contributed by atoms with Crippen molar-refractivity contribution in [2.24, 2.45) is 0 Å². The summed E-state index contributed by atoms with van der Waals surface area (Å²) in [5.74, 6) is -0.0877. The minimum absolute atomic E-state index is 0.0877. The van der Waals surface area contributed by atoms with Crippen LogP contribution in [0.5, 0.6) is 0 Å². The van der Waals surface area contributed by atoms with Gasteiger partial charge < -0.3 is 10.6 Å². The first kappa shape index (κ1) is 15.8. The molecule has 0 atom stereocenters. The average molecular weight is 292 g/mol. The summed E-state index contributed by atoms with van der Waals surface area (Å²) in [7, 11) is 0. The van der Waals surface area contributed by atoms with Gasteiger partial charge in [-0.05, 0) is 29.5 Å². The lowest BCUT2D eigenvalue weighted by Gasteiger charge is -2.08. The lowest BCUT2D eigenvalue weighted by molar-refractivity contribution is -0.118. The molecular weight excluding hydrogens is 277 g/mol. The van der Waals surface area contributed by atoms with E-state index in [-0.39, 0.29) is 22.6 Å². The van der Waals surface area contributed by atoms with Gasteiger partial charge in [-0.1, -0.05) is 12.1 Å². The molecule has 0 aliphatic rings. The van der Waals surface area contributed by atoms with Gasteiger partial charge in [-0.3, -0.25) is 4.79 Å². The van der Waals surface area contributed by atoms with Crippen molar-refractivity contribution in [2.45, 2.75) is 23.9 Å². The monoisotopic (exact) mass is 292 g/mol. The predicted molar refractivity (Wildman–Crippen MR) is 68.7 cm³/mol. The Morgan fingerprint density at radius 1 is 1.21 bits per heavy atom. The van der Waals surface area contributed by atoms with Crippen molar-refractivity contribution in [1.82, 2.24) is 10.6 Å². The molecule has 3 nitrogen and oxygen atoms in total. The van der Waals surface area contributed by atoms with Crippen molar-refractivity contribution in [2.75, 3.05) is 13.1 Å². The molecule has 2 N–H and O–H groups in total. The van der Waals surface area contributed by atoms with Crippen molar-refractivity contribution >= 4 is 17.7 Å². The van der Waals surface area contributed by atoms with Crippen LogP contribution in [0.1, 0.15) is 12.5 Å². The van der Waals surface area contributed by atoms with E-state index >= 15 is 0 Å². The molecule has 106 valence electrons. The molecular formula is C12H15F3N2OS. The summed E-state index contributed by atoms with van der Waals surface area (Å²) in [5, 5.41) is 5.72. The highest BCUT2D eigenvalue weighted by atomic mass is 32.2. The van der Waals surface area contributed by atoms with Gasteiger partial charge in [0.05, 0.1) is 0 Å². The molecule has 0 aromatic heterocycles. The standard InChI is InChI=1S/C12H15F3N2OS/c1-9(18)17-7-6-16-8-10-2-4-11(5-3-10)19-12(13,14)15/h2-5,16H,6-8H2,1H3,(H,17,18). The molecule has 0 aliphatic carbocycles. The van der Waals surface area contributed by atoms with E-state index in [1.54, 1.807) is 12.1 Å². The van der Waals surface area contributed by atoms with Crippen LogP contribution in [-0.2, 0) is 11.3 Å². The van der Waals surface area contributed by atoms with Crippen LogP contribution in [0.3, 0.4) is 0 Å². The maximum Gasteiger partial charge on any atom is 0.446 e. The Kier molecular flexibility index (Phi) is 6.17.